The van der Waals surface area contributed by atoms with E-state index in [0.717, 1.165) is 6.20 Å². The van der Waals surface area contributed by atoms with Crippen LogP contribution in [0.5, 0.6) is 5.75 Å². The Labute approximate surface area is 184 Å². The van der Waals surface area contributed by atoms with Crippen LogP contribution < -0.4 is 15.0 Å². The van der Waals surface area contributed by atoms with Crippen LogP contribution in [0, 0.1) is 17.1 Å². The van der Waals surface area contributed by atoms with Crippen LogP contribution in [-0.2, 0) is 11.3 Å². The lowest BCUT2D eigenvalue weighted by molar-refractivity contribution is -0.120. The van der Waals surface area contributed by atoms with E-state index < -0.39 is 29.4 Å². The Kier molecular flexibility index (Phi) is 6.80. The number of fused-ring (bicyclic) bond motifs is 1. The fourth-order valence-corrected chi connectivity index (χ4v) is 3.06. The van der Waals surface area contributed by atoms with Gasteiger partial charge in [-0.05, 0) is 36.8 Å². The summed E-state index contributed by atoms with van der Waals surface area (Å²) in [5.41, 5.74) is 0.411. The van der Waals surface area contributed by atoms with Gasteiger partial charge in [0.2, 0.25) is 0 Å². The summed E-state index contributed by atoms with van der Waals surface area (Å²) in [5, 5.41) is 15.5. The van der Waals surface area contributed by atoms with Crippen LogP contribution in [0.2, 0.25) is 0 Å². The van der Waals surface area contributed by atoms with E-state index in [-0.39, 0.29) is 13.2 Å². The number of nitrogens with zero attached hydrogens (tertiary/aromatic N) is 5. The molecule has 1 aliphatic heterocycles. The molecule has 0 fully saturated rings. The number of allylic oxidation sites excluding steroid dienone is 5. The molecule has 2 aromatic heterocycles. The number of likely N-dealkylation sites (N-methyl/N-ethyl adjacent to an activating group) is 1. The van der Waals surface area contributed by atoms with Crippen molar-refractivity contribution in [2.24, 2.45) is 0 Å². The number of nitrogens with one attached hydrogen (secondary N) is 1. The van der Waals surface area contributed by atoms with Crippen LogP contribution in [0.25, 0.3) is 0 Å². The van der Waals surface area contributed by atoms with Gasteiger partial charge >= 0.3 is 0 Å². The van der Waals surface area contributed by atoms with Crippen molar-refractivity contribution in [3.8, 4) is 11.8 Å². The molecule has 1 N–H and O–H groups in total. The SMILES string of the molecule is C=C(/C=C(C#N)\C=C/C)Cn1cc(F)c(C(=O)N[C@H]2COc3cccnc3N(C)C2=O)n1. The Hall–Kier alpha value is -4.26. The van der Waals surface area contributed by atoms with Crippen LogP contribution >= 0.6 is 0 Å². The molecule has 0 saturated heterocycles. The monoisotopic (exact) mass is 436 g/mol. The fourth-order valence-electron chi connectivity index (χ4n) is 3.06. The third-order valence-electron chi connectivity index (χ3n) is 4.54. The van der Waals surface area contributed by atoms with Crippen LogP contribution in [0.4, 0.5) is 10.2 Å². The number of carbonyl (C=O) groups is 2. The molecule has 164 valence electrons. The average molecular weight is 436 g/mol. The van der Waals surface area contributed by atoms with Gasteiger partial charge in [0.1, 0.15) is 12.6 Å². The van der Waals surface area contributed by atoms with Crippen molar-refractivity contribution in [1.29, 1.82) is 5.26 Å². The first-order valence-corrected chi connectivity index (χ1v) is 9.65. The van der Waals surface area contributed by atoms with Gasteiger partial charge in [-0.25, -0.2) is 9.37 Å². The lowest BCUT2D eigenvalue weighted by Gasteiger charge is -2.19. The second-order valence-corrected chi connectivity index (χ2v) is 6.95. The smallest absolute Gasteiger partial charge is 0.275 e. The Morgan fingerprint density at radius 1 is 1.53 bits per heavy atom. The largest absolute Gasteiger partial charge is 0.487 e. The zero-order valence-corrected chi connectivity index (χ0v) is 17.6. The Balaban J connectivity index is 1.71. The standard InChI is InChI=1S/C22H21FN6O3/c1-4-6-15(10-24)9-14(2)11-29-12-16(23)19(27-29)21(30)26-17-13-32-18-7-5-8-25-20(18)28(3)22(17)31/h4-9,12,17H,2,11,13H2,1,3H3,(H,26,30)/b6-4-,15-9+/t17-/m0/s1. The number of aromatic nitrogens is 3. The molecule has 10 heteroatoms. The molecular weight excluding hydrogens is 415 g/mol. The number of anilines is 1. The summed E-state index contributed by atoms with van der Waals surface area (Å²) in [6, 6.07) is 4.29. The van der Waals surface area contributed by atoms with Gasteiger partial charge in [-0.2, -0.15) is 10.4 Å². The van der Waals surface area contributed by atoms with E-state index in [1.54, 1.807) is 37.3 Å². The van der Waals surface area contributed by atoms with E-state index in [0.29, 0.717) is 22.7 Å². The van der Waals surface area contributed by atoms with Gasteiger partial charge < -0.3 is 10.1 Å². The summed E-state index contributed by atoms with van der Waals surface area (Å²) >= 11 is 0. The maximum atomic E-state index is 14.4. The number of rotatable bonds is 6. The quantitative estimate of drug-likeness (QED) is 0.548. The van der Waals surface area contributed by atoms with E-state index in [1.807, 2.05) is 6.07 Å². The molecule has 0 radical (unpaired) electrons. The third kappa shape index (κ3) is 4.89. The fraction of sp³-hybridized carbons (Fsp3) is 0.227. The molecule has 32 heavy (non-hydrogen) atoms. The normalized spacial score (nSPS) is 16.2. The van der Waals surface area contributed by atoms with Crippen LogP contribution in [-0.4, -0.2) is 46.3 Å². The number of hydrogen-bond donors (Lipinski definition) is 1. The average Bonchev–Trinajstić information content (AvgIpc) is 3.09. The first-order chi connectivity index (χ1) is 15.3. The van der Waals surface area contributed by atoms with E-state index in [2.05, 4.69) is 22.0 Å². The molecule has 3 heterocycles. The summed E-state index contributed by atoms with van der Waals surface area (Å²) in [5.74, 6) is -1.44. The number of carbonyl (C=O) groups excluding carboxylic acids is 2. The molecule has 3 rings (SSSR count). The highest BCUT2D eigenvalue weighted by atomic mass is 19.1. The highest BCUT2D eigenvalue weighted by molar-refractivity contribution is 6.02. The van der Waals surface area contributed by atoms with Crippen molar-refractivity contribution < 1.29 is 18.7 Å². The minimum absolute atomic E-state index is 0.0715. The third-order valence-corrected chi connectivity index (χ3v) is 4.54. The van der Waals surface area contributed by atoms with Crippen LogP contribution in [0.1, 0.15) is 17.4 Å². The molecule has 0 unspecified atom stereocenters. The minimum Gasteiger partial charge on any atom is -0.487 e. The molecule has 1 aliphatic rings. The van der Waals surface area contributed by atoms with Crippen molar-refractivity contribution in [3.05, 3.63) is 72.0 Å². The first-order valence-electron chi connectivity index (χ1n) is 9.65. The van der Waals surface area contributed by atoms with Crippen LogP contribution in [0.3, 0.4) is 0 Å². The summed E-state index contributed by atoms with van der Waals surface area (Å²) in [4.78, 5) is 30.7. The molecule has 0 spiro atoms. The van der Waals surface area contributed by atoms with Gasteiger partial charge in [0.15, 0.2) is 23.1 Å². The minimum atomic E-state index is -1.05. The second-order valence-electron chi connectivity index (χ2n) is 6.95. The van der Waals surface area contributed by atoms with Gasteiger partial charge in [-0.15, -0.1) is 0 Å². The van der Waals surface area contributed by atoms with Gasteiger partial charge in [0.05, 0.1) is 24.4 Å². The number of halogens is 1. The van der Waals surface area contributed by atoms with Gasteiger partial charge in [0, 0.05) is 13.2 Å². The molecule has 0 aromatic carbocycles. The maximum Gasteiger partial charge on any atom is 0.275 e. The first kappa shape index (κ1) is 22.4. The maximum absolute atomic E-state index is 14.4. The highest BCUT2D eigenvalue weighted by Crippen LogP contribution is 2.27. The number of pyridine rings is 1. The van der Waals surface area contributed by atoms with Gasteiger partial charge in [-0.1, -0.05) is 12.7 Å². The molecule has 0 saturated carbocycles. The molecule has 2 aromatic rings. The molecule has 9 nitrogen and oxygen atoms in total. The van der Waals surface area contributed by atoms with Crippen LogP contribution in [0.15, 0.2) is 60.5 Å². The molecule has 2 amide bonds. The van der Waals surface area contributed by atoms with Gasteiger partial charge in [0.25, 0.3) is 11.8 Å². The van der Waals surface area contributed by atoms with E-state index in [4.69, 9.17) is 10.00 Å². The number of hydrogen-bond acceptors (Lipinski definition) is 6. The molecule has 0 aliphatic carbocycles. The number of amides is 2. The second kappa shape index (κ2) is 9.70. The Bertz CT molecular complexity index is 1160. The van der Waals surface area contributed by atoms with E-state index >= 15 is 0 Å². The van der Waals surface area contributed by atoms with E-state index in [9.17, 15) is 14.0 Å². The number of nitriles is 1. The lowest BCUT2D eigenvalue weighted by Crippen LogP contribution is -2.49. The van der Waals surface area contributed by atoms with Crippen molar-refractivity contribution >= 4 is 17.6 Å². The van der Waals surface area contributed by atoms with Gasteiger partial charge in [-0.3, -0.25) is 19.2 Å². The summed E-state index contributed by atoms with van der Waals surface area (Å²) in [7, 11) is 1.51. The van der Waals surface area contributed by atoms with Crippen molar-refractivity contribution in [3.63, 3.8) is 0 Å². The van der Waals surface area contributed by atoms with E-state index in [1.165, 1.54) is 22.8 Å². The number of ether oxygens (including phenoxy) is 1. The van der Waals surface area contributed by atoms with Crippen molar-refractivity contribution in [2.45, 2.75) is 19.5 Å². The lowest BCUT2D eigenvalue weighted by atomic mass is 10.2. The van der Waals surface area contributed by atoms with Crippen molar-refractivity contribution in [1.82, 2.24) is 20.1 Å². The summed E-state index contributed by atoms with van der Waals surface area (Å²) in [6.45, 7) is 5.54. The zero-order valence-electron chi connectivity index (χ0n) is 17.6. The predicted octanol–water partition coefficient (Wildman–Crippen LogP) is 2.15. The summed E-state index contributed by atoms with van der Waals surface area (Å²) < 4.78 is 21.2. The molecular formula is C22H21FN6O3. The Morgan fingerprint density at radius 3 is 3.03 bits per heavy atom. The van der Waals surface area contributed by atoms with Crippen molar-refractivity contribution in [2.75, 3.05) is 18.6 Å². The molecule has 1 atom stereocenters. The Morgan fingerprint density at radius 2 is 2.31 bits per heavy atom. The molecule has 0 bridgehead atoms. The topological polar surface area (TPSA) is 113 Å². The highest BCUT2D eigenvalue weighted by Gasteiger charge is 2.32. The summed E-state index contributed by atoms with van der Waals surface area (Å²) in [6.07, 6.45) is 7.44. The zero-order chi connectivity index (χ0) is 23.3. The predicted molar refractivity (Wildman–Crippen MR) is 114 cm³/mol.